The molecule has 120 valence electrons. The number of β-amino-alcohol motifs (C(OH)–C–C–N with tert-alkyl or cyclic N) is 1. The Bertz CT molecular complexity index is 529. The molecular formula is C16H23N3O3. The van der Waals surface area contributed by atoms with Gasteiger partial charge in [0.2, 0.25) is 5.91 Å². The van der Waals surface area contributed by atoms with E-state index in [1.165, 1.54) is 0 Å². The number of anilines is 1. The number of nitrogens with one attached hydrogen (secondary N) is 1. The number of para-hydroxylation sites is 2. The number of piperazine rings is 1. The standard InChI is InChI=1S/C16H23N3O3/c1-22-15-5-3-2-4-14(15)18-6-8-19(9-7-18)16(21)13-10-12(20)11-17-13/h2-5,12-13,17,20H,6-11H2,1H3/t12-,13+/m0/s1. The van der Waals surface area contributed by atoms with E-state index in [2.05, 4.69) is 10.2 Å². The van der Waals surface area contributed by atoms with Gasteiger partial charge in [-0.3, -0.25) is 4.79 Å². The molecule has 0 bridgehead atoms. The van der Waals surface area contributed by atoms with Crippen LogP contribution in [0.3, 0.4) is 0 Å². The summed E-state index contributed by atoms with van der Waals surface area (Å²) in [7, 11) is 1.68. The highest BCUT2D eigenvalue weighted by Crippen LogP contribution is 2.28. The lowest BCUT2D eigenvalue weighted by Gasteiger charge is -2.37. The van der Waals surface area contributed by atoms with Crippen molar-refractivity contribution in [2.24, 2.45) is 0 Å². The zero-order valence-electron chi connectivity index (χ0n) is 12.9. The summed E-state index contributed by atoms with van der Waals surface area (Å²) in [6, 6.07) is 7.73. The molecule has 0 saturated carbocycles. The second-order valence-electron chi connectivity index (χ2n) is 5.83. The molecule has 1 aromatic carbocycles. The third-order valence-corrected chi connectivity index (χ3v) is 4.42. The van der Waals surface area contributed by atoms with Crippen molar-refractivity contribution >= 4 is 11.6 Å². The molecule has 1 aromatic rings. The third kappa shape index (κ3) is 3.03. The minimum atomic E-state index is -0.399. The highest BCUT2D eigenvalue weighted by atomic mass is 16.5. The molecular weight excluding hydrogens is 282 g/mol. The van der Waals surface area contributed by atoms with Gasteiger partial charge in [-0.05, 0) is 18.6 Å². The summed E-state index contributed by atoms with van der Waals surface area (Å²) in [6.45, 7) is 3.50. The lowest BCUT2D eigenvalue weighted by molar-refractivity contribution is -0.133. The van der Waals surface area contributed by atoms with Gasteiger partial charge in [0.15, 0.2) is 0 Å². The van der Waals surface area contributed by atoms with Gasteiger partial charge in [0.1, 0.15) is 5.75 Å². The SMILES string of the molecule is COc1ccccc1N1CCN(C(=O)[C@H]2C[C@H](O)CN2)CC1. The lowest BCUT2D eigenvalue weighted by Crippen LogP contribution is -2.53. The van der Waals surface area contributed by atoms with E-state index >= 15 is 0 Å². The van der Waals surface area contributed by atoms with E-state index in [0.717, 1.165) is 24.5 Å². The van der Waals surface area contributed by atoms with Crippen molar-refractivity contribution in [3.8, 4) is 5.75 Å². The zero-order valence-corrected chi connectivity index (χ0v) is 12.9. The average Bonchev–Trinajstić information content (AvgIpc) is 3.01. The lowest BCUT2D eigenvalue weighted by atomic mass is 10.1. The second kappa shape index (κ2) is 6.54. The molecule has 2 saturated heterocycles. The van der Waals surface area contributed by atoms with Crippen molar-refractivity contribution in [2.45, 2.75) is 18.6 Å². The number of nitrogens with zero attached hydrogens (tertiary/aromatic N) is 2. The van der Waals surface area contributed by atoms with Crippen molar-refractivity contribution in [1.29, 1.82) is 0 Å². The van der Waals surface area contributed by atoms with E-state index in [1.807, 2.05) is 29.2 Å². The molecule has 0 unspecified atom stereocenters. The number of hydrogen-bond donors (Lipinski definition) is 2. The maximum absolute atomic E-state index is 12.4. The highest BCUT2D eigenvalue weighted by Gasteiger charge is 2.32. The molecule has 2 atom stereocenters. The Morgan fingerprint density at radius 3 is 2.64 bits per heavy atom. The minimum Gasteiger partial charge on any atom is -0.495 e. The summed E-state index contributed by atoms with van der Waals surface area (Å²) in [6.07, 6.45) is 0.120. The number of aliphatic hydroxyl groups excluding tert-OH is 1. The second-order valence-corrected chi connectivity index (χ2v) is 5.83. The van der Waals surface area contributed by atoms with Crippen LogP contribution in [0.25, 0.3) is 0 Å². The maximum atomic E-state index is 12.4. The van der Waals surface area contributed by atoms with Crippen LogP contribution < -0.4 is 15.0 Å². The number of aliphatic hydroxyl groups is 1. The first-order chi connectivity index (χ1) is 10.7. The molecule has 0 aliphatic carbocycles. The number of ether oxygens (including phenoxy) is 1. The monoisotopic (exact) mass is 305 g/mol. The Kier molecular flexibility index (Phi) is 4.49. The molecule has 1 amide bonds. The summed E-state index contributed by atoms with van der Waals surface area (Å²) in [5.41, 5.74) is 1.08. The zero-order chi connectivity index (χ0) is 15.5. The molecule has 0 spiro atoms. The third-order valence-electron chi connectivity index (χ3n) is 4.42. The van der Waals surface area contributed by atoms with Crippen molar-refractivity contribution in [1.82, 2.24) is 10.2 Å². The molecule has 0 aromatic heterocycles. The van der Waals surface area contributed by atoms with Crippen LogP contribution in [0.2, 0.25) is 0 Å². The molecule has 2 N–H and O–H groups in total. The fraction of sp³-hybridized carbons (Fsp3) is 0.562. The summed E-state index contributed by atoms with van der Waals surface area (Å²) in [5, 5.41) is 12.6. The Balaban J connectivity index is 1.59. The molecule has 6 heteroatoms. The number of hydrogen-bond acceptors (Lipinski definition) is 5. The summed E-state index contributed by atoms with van der Waals surface area (Å²) in [5.74, 6) is 0.971. The van der Waals surface area contributed by atoms with Crippen LogP contribution in [0.1, 0.15) is 6.42 Å². The quantitative estimate of drug-likeness (QED) is 0.827. The van der Waals surface area contributed by atoms with E-state index in [9.17, 15) is 9.90 Å². The summed E-state index contributed by atoms with van der Waals surface area (Å²) >= 11 is 0. The predicted molar refractivity (Wildman–Crippen MR) is 84.2 cm³/mol. The van der Waals surface area contributed by atoms with Crippen LogP contribution in [0, 0.1) is 0 Å². The predicted octanol–water partition coefficient (Wildman–Crippen LogP) is 0.0666. The first-order valence-electron chi connectivity index (χ1n) is 7.77. The molecule has 2 aliphatic rings. The van der Waals surface area contributed by atoms with Crippen LogP contribution in [0.15, 0.2) is 24.3 Å². The summed E-state index contributed by atoms with van der Waals surface area (Å²) in [4.78, 5) is 16.6. The van der Waals surface area contributed by atoms with Crippen molar-refractivity contribution < 1.29 is 14.6 Å². The smallest absolute Gasteiger partial charge is 0.239 e. The average molecular weight is 305 g/mol. The van der Waals surface area contributed by atoms with Crippen LogP contribution >= 0.6 is 0 Å². The minimum absolute atomic E-state index is 0.108. The highest BCUT2D eigenvalue weighted by molar-refractivity contribution is 5.82. The van der Waals surface area contributed by atoms with E-state index in [-0.39, 0.29) is 11.9 Å². The van der Waals surface area contributed by atoms with Gasteiger partial charge in [-0.25, -0.2) is 0 Å². The van der Waals surface area contributed by atoms with Gasteiger partial charge in [-0.15, -0.1) is 0 Å². The molecule has 3 rings (SSSR count). The van der Waals surface area contributed by atoms with E-state index in [4.69, 9.17) is 4.74 Å². The molecule has 2 heterocycles. The van der Waals surface area contributed by atoms with Crippen molar-refractivity contribution in [2.75, 3.05) is 44.7 Å². The number of amides is 1. The van der Waals surface area contributed by atoms with Gasteiger partial charge >= 0.3 is 0 Å². The fourth-order valence-corrected chi connectivity index (χ4v) is 3.18. The Morgan fingerprint density at radius 1 is 1.27 bits per heavy atom. The van der Waals surface area contributed by atoms with Gasteiger partial charge in [0, 0.05) is 32.7 Å². The number of benzene rings is 1. The number of rotatable bonds is 3. The Morgan fingerprint density at radius 2 is 2.00 bits per heavy atom. The van der Waals surface area contributed by atoms with E-state index < -0.39 is 6.10 Å². The van der Waals surface area contributed by atoms with Crippen LogP contribution in [0.4, 0.5) is 5.69 Å². The van der Waals surface area contributed by atoms with Gasteiger partial charge in [-0.1, -0.05) is 12.1 Å². The van der Waals surface area contributed by atoms with E-state index in [1.54, 1.807) is 7.11 Å². The largest absolute Gasteiger partial charge is 0.495 e. The van der Waals surface area contributed by atoms with Gasteiger partial charge in [0.25, 0.3) is 0 Å². The first-order valence-corrected chi connectivity index (χ1v) is 7.77. The van der Waals surface area contributed by atoms with E-state index in [0.29, 0.717) is 26.1 Å². The summed E-state index contributed by atoms with van der Waals surface area (Å²) < 4.78 is 5.41. The maximum Gasteiger partial charge on any atom is 0.239 e. The van der Waals surface area contributed by atoms with Crippen LogP contribution in [-0.4, -0.2) is 67.9 Å². The Labute approximate surface area is 130 Å². The van der Waals surface area contributed by atoms with Crippen LogP contribution in [-0.2, 0) is 4.79 Å². The Hall–Kier alpha value is -1.79. The van der Waals surface area contributed by atoms with Gasteiger partial charge < -0.3 is 25.0 Å². The van der Waals surface area contributed by atoms with Crippen molar-refractivity contribution in [3.05, 3.63) is 24.3 Å². The molecule has 22 heavy (non-hydrogen) atoms. The number of methoxy groups -OCH3 is 1. The fourth-order valence-electron chi connectivity index (χ4n) is 3.18. The van der Waals surface area contributed by atoms with Crippen LogP contribution in [0.5, 0.6) is 5.75 Å². The topological polar surface area (TPSA) is 65.0 Å². The molecule has 0 radical (unpaired) electrons. The number of carbonyl (C=O) groups is 1. The first kappa shape index (κ1) is 15.1. The van der Waals surface area contributed by atoms with Crippen molar-refractivity contribution in [3.63, 3.8) is 0 Å². The molecule has 2 fully saturated rings. The van der Waals surface area contributed by atoms with Gasteiger partial charge in [-0.2, -0.15) is 0 Å². The molecule has 6 nitrogen and oxygen atoms in total. The molecule has 2 aliphatic heterocycles. The normalized spacial score (nSPS) is 25.4. The number of carbonyl (C=O) groups excluding carboxylic acids is 1. The van der Waals surface area contributed by atoms with Gasteiger partial charge in [0.05, 0.1) is 24.9 Å².